The van der Waals surface area contributed by atoms with Gasteiger partial charge in [0.1, 0.15) is 5.76 Å². The third-order valence-electron chi connectivity index (χ3n) is 6.17. The summed E-state index contributed by atoms with van der Waals surface area (Å²) in [4.78, 5) is 0. The van der Waals surface area contributed by atoms with Gasteiger partial charge in [-0.25, -0.2) is 0 Å². The van der Waals surface area contributed by atoms with Gasteiger partial charge in [0.2, 0.25) is 0 Å². The Morgan fingerprint density at radius 3 is 2.26 bits per heavy atom. The highest BCUT2D eigenvalue weighted by Gasteiger charge is 2.54. The summed E-state index contributed by atoms with van der Waals surface area (Å²) in [6.07, 6.45) is 11.8. The molecular formula is C17H25NO. The highest BCUT2D eigenvalue weighted by Crippen LogP contribution is 2.65. The van der Waals surface area contributed by atoms with Crippen LogP contribution in [-0.4, -0.2) is 6.54 Å². The van der Waals surface area contributed by atoms with Gasteiger partial charge in [0.05, 0.1) is 6.26 Å². The lowest BCUT2D eigenvalue weighted by Gasteiger charge is -2.59. The first-order chi connectivity index (χ1) is 9.29. The van der Waals surface area contributed by atoms with E-state index in [1.807, 2.05) is 12.3 Å². The van der Waals surface area contributed by atoms with Crippen molar-refractivity contribution in [2.75, 3.05) is 6.54 Å². The zero-order valence-corrected chi connectivity index (χ0v) is 11.7. The molecule has 5 rings (SSSR count). The standard InChI is InChI=1S/C17H25NO/c18-4-3-15(16-2-1-5-19-16)17-9-12-6-13(10-17)8-14(7-12)11-17/h1-2,5,12-15H,3-4,6-11,18H2. The number of rotatable bonds is 4. The highest BCUT2D eigenvalue weighted by atomic mass is 16.3. The third-order valence-corrected chi connectivity index (χ3v) is 6.17. The molecule has 0 aliphatic heterocycles. The van der Waals surface area contributed by atoms with E-state index in [9.17, 15) is 0 Å². The van der Waals surface area contributed by atoms with Crippen molar-refractivity contribution in [1.82, 2.24) is 0 Å². The molecule has 1 heterocycles. The van der Waals surface area contributed by atoms with Gasteiger partial charge in [0.15, 0.2) is 0 Å². The molecule has 104 valence electrons. The zero-order valence-electron chi connectivity index (χ0n) is 11.7. The molecule has 0 radical (unpaired) electrons. The quantitative estimate of drug-likeness (QED) is 0.890. The van der Waals surface area contributed by atoms with Crippen LogP contribution in [0.25, 0.3) is 0 Å². The summed E-state index contributed by atoms with van der Waals surface area (Å²) in [7, 11) is 0. The van der Waals surface area contributed by atoms with E-state index in [0.717, 1.165) is 30.7 Å². The molecule has 4 aliphatic rings. The molecule has 2 nitrogen and oxygen atoms in total. The summed E-state index contributed by atoms with van der Waals surface area (Å²) in [5.41, 5.74) is 6.43. The maximum absolute atomic E-state index is 5.91. The summed E-state index contributed by atoms with van der Waals surface area (Å²) in [5.74, 6) is 4.78. The van der Waals surface area contributed by atoms with Crippen LogP contribution >= 0.6 is 0 Å². The molecule has 1 unspecified atom stereocenters. The molecule has 1 aromatic rings. The molecule has 0 saturated heterocycles. The van der Waals surface area contributed by atoms with Crippen molar-refractivity contribution in [3.05, 3.63) is 24.2 Å². The molecule has 1 aromatic heterocycles. The Hall–Kier alpha value is -0.760. The Kier molecular flexibility index (Phi) is 2.77. The molecular weight excluding hydrogens is 234 g/mol. The van der Waals surface area contributed by atoms with E-state index in [0.29, 0.717) is 11.3 Å². The van der Waals surface area contributed by atoms with Crippen LogP contribution in [0.15, 0.2) is 22.8 Å². The molecule has 0 aromatic carbocycles. The van der Waals surface area contributed by atoms with Gasteiger partial charge in [-0.2, -0.15) is 0 Å². The maximum atomic E-state index is 5.91. The normalized spacial score (nSPS) is 41.6. The summed E-state index contributed by atoms with van der Waals surface area (Å²) < 4.78 is 5.78. The Labute approximate surface area is 115 Å². The van der Waals surface area contributed by atoms with Gasteiger partial charge < -0.3 is 10.2 Å². The largest absolute Gasteiger partial charge is 0.469 e. The average Bonchev–Trinajstić information content (AvgIpc) is 2.87. The fourth-order valence-electron chi connectivity index (χ4n) is 6.01. The van der Waals surface area contributed by atoms with Crippen LogP contribution in [-0.2, 0) is 0 Å². The van der Waals surface area contributed by atoms with E-state index < -0.39 is 0 Å². The number of hydrogen-bond acceptors (Lipinski definition) is 2. The molecule has 4 fully saturated rings. The summed E-state index contributed by atoms with van der Waals surface area (Å²) in [6.45, 7) is 0.785. The lowest BCUT2D eigenvalue weighted by molar-refractivity contribution is -0.0729. The van der Waals surface area contributed by atoms with Gasteiger partial charge in [-0.1, -0.05) is 0 Å². The van der Waals surface area contributed by atoms with Crippen LogP contribution in [0.3, 0.4) is 0 Å². The number of furan rings is 1. The van der Waals surface area contributed by atoms with Crippen molar-refractivity contribution in [3.63, 3.8) is 0 Å². The molecule has 19 heavy (non-hydrogen) atoms. The van der Waals surface area contributed by atoms with Crippen LogP contribution in [0, 0.1) is 23.2 Å². The topological polar surface area (TPSA) is 39.2 Å². The first-order valence-electron chi connectivity index (χ1n) is 8.02. The lowest BCUT2D eigenvalue weighted by atomic mass is 9.46. The Morgan fingerprint density at radius 2 is 1.79 bits per heavy atom. The summed E-state index contributed by atoms with van der Waals surface area (Å²) in [5, 5.41) is 0. The summed E-state index contributed by atoms with van der Waals surface area (Å²) >= 11 is 0. The molecule has 0 amide bonds. The molecule has 1 atom stereocenters. The Morgan fingerprint density at radius 1 is 1.16 bits per heavy atom. The van der Waals surface area contributed by atoms with Crippen molar-refractivity contribution in [2.24, 2.45) is 28.9 Å². The van der Waals surface area contributed by atoms with Gasteiger partial charge in [-0.15, -0.1) is 0 Å². The van der Waals surface area contributed by atoms with Crippen molar-refractivity contribution in [3.8, 4) is 0 Å². The minimum atomic E-state index is 0.520. The average molecular weight is 259 g/mol. The van der Waals surface area contributed by atoms with Crippen LogP contribution in [0.5, 0.6) is 0 Å². The van der Waals surface area contributed by atoms with Crippen LogP contribution < -0.4 is 5.73 Å². The first-order valence-corrected chi connectivity index (χ1v) is 8.02. The van der Waals surface area contributed by atoms with Crippen molar-refractivity contribution >= 4 is 0 Å². The third kappa shape index (κ3) is 1.87. The van der Waals surface area contributed by atoms with Crippen molar-refractivity contribution in [2.45, 2.75) is 50.9 Å². The second-order valence-corrected chi connectivity index (χ2v) is 7.43. The van der Waals surface area contributed by atoms with Gasteiger partial charge >= 0.3 is 0 Å². The Balaban J connectivity index is 1.68. The fourth-order valence-corrected chi connectivity index (χ4v) is 6.01. The number of nitrogens with two attached hydrogens (primary N) is 1. The predicted molar refractivity (Wildman–Crippen MR) is 75.7 cm³/mol. The minimum absolute atomic E-state index is 0.520. The highest BCUT2D eigenvalue weighted by molar-refractivity contribution is 5.15. The second kappa shape index (κ2) is 4.37. The predicted octanol–water partition coefficient (Wildman–Crippen LogP) is 3.93. The minimum Gasteiger partial charge on any atom is -0.469 e. The number of hydrogen-bond donors (Lipinski definition) is 1. The second-order valence-electron chi connectivity index (χ2n) is 7.43. The van der Waals surface area contributed by atoms with E-state index in [-0.39, 0.29) is 0 Å². The Bertz CT molecular complexity index is 401. The first kappa shape index (κ1) is 12.0. The van der Waals surface area contributed by atoms with Crippen LogP contribution in [0.1, 0.15) is 56.6 Å². The maximum Gasteiger partial charge on any atom is 0.107 e. The monoisotopic (exact) mass is 259 g/mol. The van der Waals surface area contributed by atoms with Gasteiger partial charge in [-0.05, 0) is 86.8 Å². The van der Waals surface area contributed by atoms with Crippen LogP contribution in [0.4, 0.5) is 0 Å². The molecule has 4 saturated carbocycles. The van der Waals surface area contributed by atoms with E-state index in [1.54, 1.807) is 0 Å². The molecule has 4 bridgehead atoms. The lowest BCUT2D eigenvalue weighted by Crippen LogP contribution is -2.49. The van der Waals surface area contributed by atoms with E-state index in [1.165, 1.54) is 44.3 Å². The van der Waals surface area contributed by atoms with E-state index in [4.69, 9.17) is 10.2 Å². The molecule has 2 heteroatoms. The SMILES string of the molecule is NCCC(c1ccco1)C12CC3CC(CC(C3)C1)C2. The fraction of sp³-hybridized carbons (Fsp3) is 0.765. The molecule has 4 aliphatic carbocycles. The van der Waals surface area contributed by atoms with Crippen molar-refractivity contribution in [1.29, 1.82) is 0 Å². The van der Waals surface area contributed by atoms with Crippen LogP contribution in [0.2, 0.25) is 0 Å². The van der Waals surface area contributed by atoms with E-state index in [2.05, 4.69) is 6.07 Å². The van der Waals surface area contributed by atoms with Gasteiger partial charge in [0.25, 0.3) is 0 Å². The molecule has 0 spiro atoms. The summed E-state index contributed by atoms with van der Waals surface area (Å²) in [6, 6.07) is 4.22. The van der Waals surface area contributed by atoms with Gasteiger partial charge in [-0.3, -0.25) is 0 Å². The smallest absolute Gasteiger partial charge is 0.107 e. The van der Waals surface area contributed by atoms with E-state index >= 15 is 0 Å². The van der Waals surface area contributed by atoms with Crippen molar-refractivity contribution < 1.29 is 4.42 Å². The zero-order chi connectivity index (χ0) is 12.9. The molecule has 2 N–H and O–H groups in total. The van der Waals surface area contributed by atoms with Gasteiger partial charge in [0, 0.05) is 5.92 Å².